The molecule has 1 rings (SSSR count). The molecule has 0 aliphatic heterocycles. The molecule has 0 fully saturated rings. The lowest BCUT2D eigenvalue weighted by molar-refractivity contribution is -0.116. The molecular formula is C25H44NO5P. The summed E-state index contributed by atoms with van der Waals surface area (Å²) in [7, 11) is -4.70. The molecule has 0 radical (unpaired) electrons. The van der Waals surface area contributed by atoms with Gasteiger partial charge in [0.15, 0.2) is 5.85 Å². The Morgan fingerprint density at radius 2 is 1.25 bits per heavy atom. The number of rotatable bonds is 19. The molecule has 6 nitrogen and oxygen atoms in total. The van der Waals surface area contributed by atoms with E-state index in [1.54, 1.807) is 18.2 Å². The lowest BCUT2D eigenvalue weighted by Crippen LogP contribution is -2.14. The van der Waals surface area contributed by atoms with Gasteiger partial charge >= 0.3 is 7.60 Å². The second-order valence-electron chi connectivity index (χ2n) is 8.80. The van der Waals surface area contributed by atoms with Gasteiger partial charge in [0.1, 0.15) is 0 Å². The summed E-state index contributed by atoms with van der Waals surface area (Å²) in [5.41, 5.74) is 0.278. The summed E-state index contributed by atoms with van der Waals surface area (Å²) in [6.45, 7) is 2.25. The van der Waals surface area contributed by atoms with Gasteiger partial charge in [-0.15, -0.1) is 0 Å². The highest BCUT2D eigenvalue weighted by Crippen LogP contribution is 2.51. The summed E-state index contributed by atoms with van der Waals surface area (Å²) in [5, 5.41) is 12.5. The average Bonchev–Trinajstić information content (AvgIpc) is 2.75. The average molecular weight is 470 g/mol. The number of aliphatic hydroxyl groups excluding tert-OH is 1. The van der Waals surface area contributed by atoms with Gasteiger partial charge in [0.25, 0.3) is 0 Å². The van der Waals surface area contributed by atoms with Crippen molar-refractivity contribution >= 4 is 19.2 Å². The van der Waals surface area contributed by atoms with Crippen molar-refractivity contribution in [2.45, 2.75) is 116 Å². The summed E-state index contributed by atoms with van der Waals surface area (Å²) in [4.78, 5) is 30.6. The first kappa shape index (κ1) is 28.8. The predicted molar refractivity (Wildman–Crippen MR) is 132 cm³/mol. The Kier molecular flexibility index (Phi) is 15.6. The summed E-state index contributed by atoms with van der Waals surface area (Å²) in [6, 6.07) is 6.17. The van der Waals surface area contributed by atoms with Crippen LogP contribution in [0.1, 0.15) is 121 Å². The second kappa shape index (κ2) is 17.3. The monoisotopic (exact) mass is 469 g/mol. The number of hydrogen-bond donors (Lipinski definition) is 4. The summed E-state index contributed by atoms with van der Waals surface area (Å²) in [6.07, 6.45) is 19.3. The number of nitrogens with one attached hydrogen (secondary N) is 1. The number of unbranched alkanes of at least 4 members (excludes halogenated alkanes) is 14. The Bertz CT molecular complexity index is 676. The molecule has 0 bridgehead atoms. The Labute approximate surface area is 194 Å². The van der Waals surface area contributed by atoms with Crippen molar-refractivity contribution in [2.24, 2.45) is 0 Å². The van der Waals surface area contributed by atoms with Gasteiger partial charge in [-0.2, -0.15) is 0 Å². The van der Waals surface area contributed by atoms with Gasteiger partial charge in [-0.3, -0.25) is 9.36 Å². The SMILES string of the molecule is CCCCCCCCCCCCCCCCCC(=O)Nc1ccccc1C(O)P(=O)(O)O. The molecule has 7 heteroatoms. The maximum Gasteiger partial charge on any atom is 0.358 e. The zero-order valence-corrected chi connectivity index (χ0v) is 20.7. The third-order valence-electron chi connectivity index (χ3n) is 5.84. The third-order valence-corrected chi connectivity index (χ3v) is 6.75. The number of carbonyl (C=O) groups is 1. The van der Waals surface area contributed by atoms with Gasteiger partial charge in [-0.1, -0.05) is 115 Å². The minimum Gasteiger partial charge on any atom is -0.376 e. The van der Waals surface area contributed by atoms with E-state index in [0.717, 1.165) is 19.3 Å². The molecule has 184 valence electrons. The van der Waals surface area contributed by atoms with Crippen molar-refractivity contribution < 1.29 is 24.3 Å². The van der Waals surface area contributed by atoms with Crippen LogP contribution in [0.25, 0.3) is 0 Å². The summed E-state index contributed by atoms with van der Waals surface area (Å²) in [5.74, 6) is -2.14. The van der Waals surface area contributed by atoms with Crippen LogP contribution in [-0.2, 0) is 9.36 Å². The topological polar surface area (TPSA) is 107 Å². The van der Waals surface area contributed by atoms with Crippen LogP contribution in [0.15, 0.2) is 24.3 Å². The van der Waals surface area contributed by atoms with Crippen molar-refractivity contribution in [1.29, 1.82) is 0 Å². The van der Waals surface area contributed by atoms with Crippen LogP contribution in [0.3, 0.4) is 0 Å². The molecule has 0 spiro atoms. The minimum absolute atomic E-state index is 0.0330. The Balaban J connectivity index is 2.06. The van der Waals surface area contributed by atoms with Crippen molar-refractivity contribution in [3.05, 3.63) is 29.8 Å². The van der Waals surface area contributed by atoms with E-state index in [1.807, 2.05) is 0 Å². The number of aliphatic hydroxyl groups is 1. The molecule has 0 aromatic heterocycles. The maximum absolute atomic E-state index is 12.2. The zero-order chi connectivity index (χ0) is 23.7. The molecule has 0 saturated carbocycles. The molecule has 0 saturated heterocycles. The van der Waals surface area contributed by atoms with Crippen molar-refractivity contribution in [1.82, 2.24) is 0 Å². The Morgan fingerprint density at radius 1 is 0.812 bits per heavy atom. The number of para-hydroxylation sites is 1. The number of carbonyl (C=O) groups excluding carboxylic acids is 1. The van der Waals surface area contributed by atoms with Gasteiger partial charge < -0.3 is 20.2 Å². The molecule has 1 aromatic carbocycles. The van der Waals surface area contributed by atoms with Gasteiger partial charge in [0.05, 0.1) is 0 Å². The quantitative estimate of drug-likeness (QED) is 0.128. The van der Waals surface area contributed by atoms with E-state index in [1.165, 1.54) is 83.1 Å². The number of hydrogen-bond acceptors (Lipinski definition) is 3. The van der Waals surface area contributed by atoms with Crippen LogP contribution in [0, 0.1) is 0 Å². The fraction of sp³-hybridized carbons (Fsp3) is 0.720. The van der Waals surface area contributed by atoms with Gasteiger partial charge in [0.2, 0.25) is 5.91 Å². The molecule has 1 amide bonds. The number of anilines is 1. The van der Waals surface area contributed by atoms with Gasteiger partial charge in [-0.05, 0) is 12.5 Å². The molecule has 0 aliphatic rings. The molecule has 1 aromatic rings. The highest BCUT2D eigenvalue weighted by molar-refractivity contribution is 7.51. The Morgan fingerprint density at radius 3 is 1.72 bits per heavy atom. The van der Waals surface area contributed by atoms with E-state index < -0.39 is 13.4 Å². The van der Waals surface area contributed by atoms with Crippen molar-refractivity contribution in [3.8, 4) is 0 Å². The van der Waals surface area contributed by atoms with Gasteiger partial charge in [0, 0.05) is 17.7 Å². The largest absolute Gasteiger partial charge is 0.376 e. The van der Waals surface area contributed by atoms with E-state index in [0.29, 0.717) is 6.42 Å². The van der Waals surface area contributed by atoms with E-state index in [9.17, 15) is 24.3 Å². The molecule has 0 heterocycles. The van der Waals surface area contributed by atoms with Crippen LogP contribution < -0.4 is 5.32 Å². The fourth-order valence-corrected chi connectivity index (χ4v) is 4.47. The maximum atomic E-state index is 12.2. The Hall–Kier alpha value is -1.20. The van der Waals surface area contributed by atoms with E-state index in [-0.39, 0.29) is 17.2 Å². The van der Waals surface area contributed by atoms with Crippen LogP contribution in [0.4, 0.5) is 5.69 Å². The lowest BCUT2D eigenvalue weighted by Gasteiger charge is -2.17. The molecule has 1 unspecified atom stereocenters. The van der Waals surface area contributed by atoms with Crippen LogP contribution in [0.2, 0.25) is 0 Å². The molecule has 32 heavy (non-hydrogen) atoms. The molecule has 4 N–H and O–H groups in total. The first-order valence-electron chi connectivity index (χ1n) is 12.5. The number of amides is 1. The lowest BCUT2D eigenvalue weighted by atomic mass is 10.0. The van der Waals surface area contributed by atoms with E-state index >= 15 is 0 Å². The van der Waals surface area contributed by atoms with E-state index in [4.69, 9.17) is 0 Å². The van der Waals surface area contributed by atoms with Crippen molar-refractivity contribution in [2.75, 3.05) is 5.32 Å². The first-order valence-corrected chi connectivity index (χ1v) is 14.2. The third kappa shape index (κ3) is 13.4. The van der Waals surface area contributed by atoms with Crippen LogP contribution in [-0.4, -0.2) is 20.8 Å². The van der Waals surface area contributed by atoms with E-state index in [2.05, 4.69) is 12.2 Å². The summed E-state index contributed by atoms with van der Waals surface area (Å²) < 4.78 is 11.3. The van der Waals surface area contributed by atoms with Crippen LogP contribution in [0.5, 0.6) is 0 Å². The van der Waals surface area contributed by atoms with Gasteiger partial charge in [-0.25, -0.2) is 0 Å². The highest BCUT2D eigenvalue weighted by atomic mass is 31.2. The normalized spacial score (nSPS) is 12.6. The first-order chi connectivity index (χ1) is 15.4. The molecular weight excluding hydrogens is 425 g/mol. The molecule has 0 aliphatic carbocycles. The highest BCUT2D eigenvalue weighted by Gasteiger charge is 2.30. The minimum atomic E-state index is -4.70. The smallest absolute Gasteiger partial charge is 0.358 e. The van der Waals surface area contributed by atoms with Crippen LogP contribution >= 0.6 is 7.60 Å². The summed E-state index contributed by atoms with van der Waals surface area (Å²) >= 11 is 0. The van der Waals surface area contributed by atoms with Crippen molar-refractivity contribution in [3.63, 3.8) is 0 Å². The number of benzene rings is 1. The fourth-order valence-electron chi connectivity index (χ4n) is 3.89. The second-order valence-corrected chi connectivity index (χ2v) is 10.5. The zero-order valence-electron chi connectivity index (χ0n) is 19.8. The predicted octanol–water partition coefficient (Wildman–Crippen LogP) is 7.06. The molecule has 1 atom stereocenters. The standard InChI is InChI=1S/C25H44NO5P/c1-2-3-4-5-6-7-8-9-10-11-12-13-14-15-16-21-24(27)26-23-20-18-17-19-22(23)25(28)32(29,30)31/h17-20,25,28H,2-16,21H2,1H3,(H,26,27)(H2,29,30,31).